The molecule has 0 aliphatic carbocycles. The van der Waals surface area contributed by atoms with Crippen molar-refractivity contribution in [3.05, 3.63) is 44.8 Å². The summed E-state index contributed by atoms with van der Waals surface area (Å²) < 4.78 is 6.51. The number of carbonyl (C=O) groups excluding carboxylic acids is 1. The Morgan fingerprint density at radius 1 is 1.31 bits per heavy atom. The number of rotatable bonds is 9. The predicted molar refractivity (Wildman–Crippen MR) is 118 cm³/mol. The topological polar surface area (TPSA) is 75.5 Å². The quantitative estimate of drug-likeness (QED) is 0.493. The maximum Gasteiger partial charge on any atom is 0.276 e. The zero-order chi connectivity index (χ0) is 21.6. The Balaban J connectivity index is 2.46. The van der Waals surface area contributed by atoms with Crippen LogP contribution >= 0.6 is 27.5 Å². The van der Waals surface area contributed by atoms with Crippen molar-refractivity contribution in [1.29, 1.82) is 0 Å². The normalized spacial score (nSPS) is 11.0. The lowest BCUT2D eigenvalue weighted by molar-refractivity contribution is 0.0704. The predicted octanol–water partition coefficient (Wildman–Crippen LogP) is 5.24. The van der Waals surface area contributed by atoms with E-state index in [4.69, 9.17) is 16.3 Å². The van der Waals surface area contributed by atoms with Crippen molar-refractivity contribution in [3.63, 3.8) is 0 Å². The van der Waals surface area contributed by atoms with Crippen LogP contribution in [0.1, 0.15) is 62.4 Å². The molecule has 0 unspecified atom stereocenters. The van der Waals surface area contributed by atoms with Crippen LogP contribution in [0.25, 0.3) is 0 Å². The first-order chi connectivity index (χ1) is 13.8. The number of nitrogens with zero attached hydrogens (tertiary/aromatic N) is 3. The fourth-order valence-corrected chi connectivity index (χ4v) is 3.70. The molecular formula is C21H27BrClN3O3. The van der Waals surface area contributed by atoms with Crippen LogP contribution in [0.3, 0.4) is 0 Å². The number of amides is 1. The zero-order valence-electron chi connectivity index (χ0n) is 17.2. The number of hydrogen-bond donors (Lipinski definition) is 1. The van der Waals surface area contributed by atoms with Gasteiger partial charge in [0.05, 0.1) is 6.61 Å². The minimum Gasteiger partial charge on any atom is -0.491 e. The van der Waals surface area contributed by atoms with Crippen LogP contribution in [0, 0.1) is 0 Å². The summed E-state index contributed by atoms with van der Waals surface area (Å²) in [6.07, 6.45) is 2.06. The Kier molecular flexibility index (Phi) is 8.71. The first-order valence-electron chi connectivity index (χ1n) is 9.76. The van der Waals surface area contributed by atoms with Crippen LogP contribution in [-0.4, -0.2) is 45.1 Å². The summed E-state index contributed by atoms with van der Waals surface area (Å²) >= 11 is 9.48. The Morgan fingerprint density at radius 3 is 2.62 bits per heavy atom. The second-order valence-corrected chi connectivity index (χ2v) is 8.23. The number of aromatic hydroxyl groups is 1. The second kappa shape index (κ2) is 10.8. The Bertz CT molecular complexity index is 861. The van der Waals surface area contributed by atoms with Crippen molar-refractivity contribution < 1.29 is 14.6 Å². The van der Waals surface area contributed by atoms with E-state index in [9.17, 15) is 9.90 Å². The highest BCUT2D eigenvalue weighted by molar-refractivity contribution is 9.10. The third kappa shape index (κ3) is 6.06. The largest absolute Gasteiger partial charge is 0.491 e. The molecule has 1 N–H and O–H groups in total. The van der Waals surface area contributed by atoms with E-state index in [2.05, 4.69) is 25.9 Å². The van der Waals surface area contributed by atoms with Gasteiger partial charge in [0.15, 0.2) is 5.69 Å². The molecule has 1 heterocycles. The van der Waals surface area contributed by atoms with Crippen LogP contribution < -0.4 is 4.74 Å². The van der Waals surface area contributed by atoms with Crippen LogP contribution in [0.4, 0.5) is 0 Å². The molecule has 1 aromatic heterocycles. The lowest BCUT2D eigenvalue weighted by Gasteiger charge is -2.25. The van der Waals surface area contributed by atoms with Crippen LogP contribution in [0.15, 0.2) is 22.7 Å². The number of carbonyl (C=O) groups is 1. The average Bonchev–Trinajstić information content (AvgIpc) is 2.65. The maximum atomic E-state index is 13.2. The third-order valence-corrected chi connectivity index (χ3v) is 5.40. The van der Waals surface area contributed by atoms with Gasteiger partial charge in [0, 0.05) is 28.5 Å². The van der Waals surface area contributed by atoms with Gasteiger partial charge in [-0.05, 0) is 44.9 Å². The number of aromatic nitrogens is 2. The molecule has 1 amide bonds. The van der Waals surface area contributed by atoms with Crippen molar-refractivity contribution in [3.8, 4) is 11.6 Å². The van der Waals surface area contributed by atoms with E-state index in [0.717, 1.165) is 22.9 Å². The molecule has 0 aliphatic heterocycles. The van der Waals surface area contributed by atoms with Gasteiger partial charge in [-0.1, -0.05) is 46.9 Å². The first-order valence-corrected chi connectivity index (χ1v) is 10.9. The van der Waals surface area contributed by atoms with E-state index in [0.29, 0.717) is 30.4 Å². The third-order valence-electron chi connectivity index (χ3n) is 4.43. The van der Waals surface area contributed by atoms with E-state index in [1.54, 1.807) is 17.0 Å². The summed E-state index contributed by atoms with van der Waals surface area (Å²) in [6.45, 7) is 8.72. The van der Waals surface area contributed by atoms with E-state index in [-0.39, 0.29) is 29.3 Å². The second-order valence-electron chi connectivity index (χ2n) is 6.94. The number of halogens is 2. The van der Waals surface area contributed by atoms with Gasteiger partial charge >= 0.3 is 0 Å². The van der Waals surface area contributed by atoms with Crippen LogP contribution in [0.2, 0.25) is 5.02 Å². The minimum absolute atomic E-state index is 0.0121. The Morgan fingerprint density at radius 2 is 2.03 bits per heavy atom. The standard InChI is InChI=1S/C21H27BrClN3O3/c1-5-7-10-29-19-18(21(28)26(6-2)13(3)4)24-17(25-20(19)27)11-14-8-9-15(23)12-16(14)22/h8-9,12-13H,5-7,10-11H2,1-4H3,(H,24,25,27). The van der Waals surface area contributed by atoms with E-state index >= 15 is 0 Å². The van der Waals surface area contributed by atoms with Crippen LogP contribution in [0.5, 0.6) is 11.6 Å². The number of hydrogen-bond acceptors (Lipinski definition) is 5. The van der Waals surface area contributed by atoms with E-state index < -0.39 is 0 Å². The summed E-state index contributed by atoms with van der Waals surface area (Å²) in [6, 6.07) is 5.39. The van der Waals surface area contributed by atoms with Crippen LogP contribution in [-0.2, 0) is 6.42 Å². The fourth-order valence-electron chi connectivity index (χ4n) is 2.87. The summed E-state index contributed by atoms with van der Waals surface area (Å²) in [4.78, 5) is 23.5. The molecule has 1 aromatic carbocycles. The Hall–Kier alpha value is -1.86. The molecule has 0 saturated heterocycles. The summed E-state index contributed by atoms with van der Waals surface area (Å²) in [5, 5.41) is 11.1. The van der Waals surface area contributed by atoms with Gasteiger partial charge in [-0.3, -0.25) is 4.79 Å². The number of unbranched alkanes of at least 4 members (excludes halogenated alkanes) is 1. The molecule has 29 heavy (non-hydrogen) atoms. The van der Waals surface area contributed by atoms with E-state index in [1.165, 1.54) is 0 Å². The molecule has 6 nitrogen and oxygen atoms in total. The molecule has 0 saturated carbocycles. The smallest absolute Gasteiger partial charge is 0.276 e. The molecule has 8 heteroatoms. The van der Waals surface area contributed by atoms with Gasteiger partial charge in [0.1, 0.15) is 5.82 Å². The van der Waals surface area contributed by atoms with Gasteiger partial charge in [-0.25, -0.2) is 4.98 Å². The van der Waals surface area contributed by atoms with Gasteiger partial charge in [-0.15, -0.1) is 0 Å². The highest BCUT2D eigenvalue weighted by Gasteiger charge is 2.27. The number of ether oxygens (including phenoxy) is 1. The first kappa shape index (κ1) is 23.4. The molecule has 2 rings (SSSR count). The van der Waals surface area contributed by atoms with Gasteiger partial charge in [0.2, 0.25) is 5.75 Å². The molecule has 2 aromatic rings. The Labute approximate surface area is 185 Å². The van der Waals surface area contributed by atoms with Crippen molar-refractivity contribution in [1.82, 2.24) is 14.9 Å². The van der Waals surface area contributed by atoms with Gasteiger partial charge in [-0.2, -0.15) is 4.98 Å². The van der Waals surface area contributed by atoms with Crippen molar-refractivity contribution in [2.75, 3.05) is 13.2 Å². The monoisotopic (exact) mass is 483 g/mol. The van der Waals surface area contributed by atoms with Gasteiger partial charge in [0.25, 0.3) is 11.8 Å². The zero-order valence-corrected chi connectivity index (χ0v) is 19.5. The summed E-state index contributed by atoms with van der Waals surface area (Å²) in [5.74, 6) is -0.236. The van der Waals surface area contributed by atoms with Crippen molar-refractivity contribution in [2.24, 2.45) is 0 Å². The molecule has 0 spiro atoms. The lowest BCUT2D eigenvalue weighted by atomic mass is 10.1. The van der Waals surface area contributed by atoms with Gasteiger partial charge < -0.3 is 14.7 Å². The van der Waals surface area contributed by atoms with Crippen molar-refractivity contribution in [2.45, 2.75) is 53.0 Å². The van der Waals surface area contributed by atoms with Crippen molar-refractivity contribution >= 4 is 33.4 Å². The summed E-state index contributed by atoms with van der Waals surface area (Å²) in [7, 11) is 0. The highest BCUT2D eigenvalue weighted by Crippen LogP contribution is 2.30. The van der Waals surface area contributed by atoms with E-state index in [1.807, 2.05) is 33.8 Å². The molecule has 0 radical (unpaired) electrons. The SMILES string of the molecule is CCCCOc1c(O)nc(Cc2ccc(Cl)cc2Br)nc1C(=O)N(CC)C(C)C. The molecular weight excluding hydrogens is 458 g/mol. The molecule has 0 bridgehead atoms. The highest BCUT2D eigenvalue weighted by atomic mass is 79.9. The molecule has 158 valence electrons. The molecule has 0 aliphatic rings. The number of benzene rings is 1. The molecule has 0 fully saturated rings. The lowest BCUT2D eigenvalue weighted by Crippen LogP contribution is -2.37. The average molecular weight is 485 g/mol. The minimum atomic E-state index is -0.320. The molecule has 0 atom stereocenters. The maximum absolute atomic E-state index is 13.2. The summed E-state index contributed by atoms with van der Waals surface area (Å²) in [5.41, 5.74) is 0.979. The fraction of sp³-hybridized carbons (Fsp3) is 0.476.